The molecule has 0 aromatic heterocycles. The van der Waals surface area contributed by atoms with Crippen LogP contribution in [0.2, 0.25) is 0 Å². The summed E-state index contributed by atoms with van der Waals surface area (Å²) in [7, 11) is 0. The lowest BCUT2D eigenvalue weighted by Gasteiger charge is -2.03. The van der Waals surface area contributed by atoms with Crippen LogP contribution in [0.3, 0.4) is 0 Å². The van der Waals surface area contributed by atoms with Crippen LogP contribution in [0.15, 0.2) is 0 Å². The quantitative estimate of drug-likeness (QED) is 0.454. The van der Waals surface area contributed by atoms with Crippen molar-refractivity contribution in [2.24, 2.45) is 5.92 Å². The SMILES string of the molecule is CC(C)COCCS. The van der Waals surface area contributed by atoms with Crippen molar-refractivity contribution in [3.8, 4) is 0 Å². The van der Waals surface area contributed by atoms with Gasteiger partial charge in [-0.15, -0.1) is 0 Å². The molecule has 0 heterocycles. The van der Waals surface area contributed by atoms with E-state index in [1.807, 2.05) is 0 Å². The molecule has 0 radical (unpaired) electrons. The first-order valence-electron chi connectivity index (χ1n) is 2.96. The van der Waals surface area contributed by atoms with E-state index in [1.165, 1.54) is 0 Å². The third-order valence-electron chi connectivity index (χ3n) is 0.687. The van der Waals surface area contributed by atoms with Crippen LogP contribution in [0.25, 0.3) is 0 Å². The van der Waals surface area contributed by atoms with Gasteiger partial charge in [0.05, 0.1) is 6.61 Å². The molecule has 0 aliphatic heterocycles. The van der Waals surface area contributed by atoms with Crippen molar-refractivity contribution in [2.75, 3.05) is 19.0 Å². The fourth-order valence-corrected chi connectivity index (χ4v) is 0.513. The van der Waals surface area contributed by atoms with Crippen LogP contribution in [-0.4, -0.2) is 19.0 Å². The summed E-state index contributed by atoms with van der Waals surface area (Å²) in [6, 6.07) is 0. The topological polar surface area (TPSA) is 9.23 Å². The van der Waals surface area contributed by atoms with Gasteiger partial charge < -0.3 is 4.74 Å². The average Bonchev–Trinajstić information content (AvgIpc) is 1.66. The van der Waals surface area contributed by atoms with Gasteiger partial charge in [-0.05, 0) is 5.92 Å². The van der Waals surface area contributed by atoms with Crippen molar-refractivity contribution in [3.63, 3.8) is 0 Å². The van der Waals surface area contributed by atoms with Crippen LogP contribution in [0.4, 0.5) is 0 Å². The Kier molecular flexibility index (Phi) is 5.66. The van der Waals surface area contributed by atoms with E-state index in [1.54, 1.807) is 0 Å². The van der Waals surface area contributed by atoms with Crippen molar-refractivity contribution in [3.05, 3.63) is 0 Å². The first-order valence-corrected chi connectivity index (χ1v) is 3.59. The lowest BCUT2D eigenvalue weighted by atomic mass is 10.2. The maximum Gasteiger partial charge on any atom is 0.0554 e. The standard InChI is InChI=1S/C6H14OS/c1-6(2)5-7-3-4-8/h6,8H,3-5H2,1-2H3. The Hall–Kier alpha value is 0.310. The zero-order valence-electron chi connectivity index (χ0n) is 5.55. The molecule has 0 aromatic carbocycles. The lowest BCUT2D eigenvalue weighted by molar-refractivity contribution is 0.124. The van der Waals surface area contributed by atoms with Gasteiger partial charge in [-0.2, -0.15) is 12.6 Å². The maximum atomic E-state index is 5.17. The van der Waals surface area contributed by atoms with Gasteiger partial charge in [-0.1, -0.05) is 13.8 Å². The Morgan fingerprint density at radius 2 is 2.12 bits per heavy atom. The summed E-state index contributed by atoms with van der Waals surface area (Å²) < 4.78 is 5.17. The molecule has 0 N–H and O–H groups in total. The number of thiol groups is 1. The molecule has 0 bridgehead atoms. The molecular formula is C6H14OS. The van der Waals surface area contributed by atoms with Crippen molar-refractivity contribution in [2.45, 2.75) is 13.8 Å². The highest BCUT2D eigenvalue weighted by atomic mass is 32.1. The Balaban J connectivity index is 2.72. The van der Waals surface area contributed by atoms with Gasteiger partial charge in [0.15, 0.2) is 0 Å². The van der Waals surface area contributed by atoms with Crippen LogP contribution in [0.1, 0.15) is 13.8 Å². The number of rotatable bonds is 4. The van der Waals surface area contributed by atoms with E-state index in [9.17, 15) is 0 Å². The van der Waals surface area contributed by atoms with Gasteiger partial charge in [0.1, 0.15) is 0 Å². The minimum absolute atomic E-state index is 0.648. The summed E-state index contributed by atoms with van der Waals surface area (Å²) in [6.45, 7) is 5.92. The second kappa shape index (κ2) is 5.45. The Labute approximate surface area is 56.8 Å². The number of hydrogen-bond donors (Lipinski definition) is 1. The van der Waals surface area contributed by atoms with E-state index >= 15 is 0 Å². The average molecular weight is 134 g/mol. The van der Waals surface area contributed by atoms with Crippen LogP contribution < -0.4 is 0 Å². The summed E-state index contributed by atoms with van der Waals surface area (Å²) >= 11 is 4.00. The minimum atomic E-state index is 0.648. The zero-order valence-corrected chi connectivity index (χ0v) is 6.45. The molecule has 50 valence electrons. The van der Waals surface area contributed by atoms with Crippen molar-refractivity contribution < 1.29 is 4.74 Å². The van der Waals surface area contributed by atoms with Gasteiger partial charge in [-0.3, -0.25) is 0 Å². The molecule has 8 heavy (non-hydrogen) atoms. The molecule has 0 unspecified atom stereocenters. The Bertz CT molecular complexity index is 45.8. The predicted molar refractivity (Wildman–Crippen MR) is 39.5 cm³/mol. The Morgan fingerprint density at radius 3 is 2.50 bits per heavy atom. The van der Waals surface area contributed by atoms with Gasteiger partial charge in [-0.25, -0.2) is 0 Å². The first kappa shape index (κ1) is 8.31. The highest BCUT2D eigenvalue weighted by Crippen LogP contribution is 1.91. The summed E-state index contributed by atoms with van der Waals surface area (Å²) in [5, 5.41) is 0. The van der Waals surface area contributed by atoms with Crippen LogP contribution in [0.5, 0.6) is 0 Å². The predicted octanol–water partition coefficient (Wildman–Crippen LogP) is 1.59. The normalized spacial score (nSPS) is 10.5. The van der Waals surface area contributed by atoms with Gasteiger partial charge in [0.2, 0.25) is 0 Å². The molecule has 0 amide bonds. The van der Waals surface area contributed by atoms with E-state index in [-0.39, 0.29) is 0 Å². The smallest absolute Gasteiger partial charge is 0.0554 e. The highest BCUT2D eigenvalue weighted by Gasteiger charge is 1.90. The van der Waals surface area contributed by atoms with E-state index in [0.717, 1.165) is 19.0 Å². The monoisotopic (exact) mass is 134 g/mol. The molecule has 0 rings (SSSR count). The minimum Gasteiger partial charge on any atom is -0.380 e. The fraction of sp³-hybridized carbons (Fsp3) is 1.00. The molecular weight excluding hydrogens is 120 g/mol. The van der Waals surface area contributed by atoms with Crippen molar-refractivity contribution in [1.82, 2.24) is 0 Å². The molecule has 1 nitrogen and oxygen atoms in total. The molecule has 0 fully saturated rings. The van der Waals surface area contributed by atoms with E-state index < -0.39 is 0 Å². The van der Waals surface area contributed by atoms with Crippen molar-refractivity contribution in [1.29, 1.82) is 0 Å². The van der Waals surface area contributed by atoms with Crippen LogP contribution >= 0.6 is 12.6 Å². The third kappa shape index (κ3) is 6.31. The summed E-state index contributed by atoms with van der Waals surface area (Å²) in [4.78, 5) is 0. The third-order valence-corrected chi connectivity index (χ3v) is 0.869. The summed E-state index contributed by atoms with van der Waals surface area (Å²) in [6.07, 6.45) is 0. The first-order chi connectivity index (χ1) is 3.77. The second-order valence-corrected chi connectivity index (χ2v) is 2.64. The van der Waals surface area contributed by atoms with E-state index in [0.29, 0.717) is 5.92 Å². The Morgan fingerprint density at radius 1 is 1.50 bits per heavy atom. The number of ether oxygens (including phenoxy) is 1. The van der Waals surface area contributed by atoms with Gasteiger partial charge >= 0.3 is 0 Å². The highest BCUT2D eigenvalue weighted by molar-refractivity contribution is 7.80. The van der Waals surface area contributed by atoms with E-state index in [4.69, 9.17) is 4.74 Å². The largest absolute Gasteiger partial charge is 0.380 e. The fourth-order valence-electron chi connectivity index (χ4n) is 0.384. The molecule has 0 saturated heterocycles. The second-order valence-electron chi connectivity index (χ2n) is 2.19. The summed E-state index contributed by atoms with van der Waals surface area (Å²) in [5.41, 5.74) is 0. The maximum absolute atomic E-state index is 5.17. The molecule has 0 aromatic rings. The summed E-state index contributed by atoms with van der Waals surface area (Å²) in [5.74, 6) is 1.47. The van der Waals surface area contributed by atoms with Crippen LogP contribution in [-0.2, 0) is 4.74 Å². The molecule has 0 saturated carbocycles. The molecule has 0 aliphatic rings. The molecule has 2 heteroatoms. The van der Waals surface area contributed by atoms with Crippen molar-refractivity contribution >= 4 is 12.6 Å². The lowest BCUT2D eigenvalue weighted by Crippen LogP contribution is -2.03. The van der Waals surface area contributed by atoms with E-state index in [2.05, 4.69) is 26.5 Å². The van der Waals surface area contributed by atoms with Gasteiger partial charge in [0.25, 0.3) is 0 Å². The zero-order chi connectivity index (χ0) is 6.41. The molecule has 0 spiro atoms. The van der Waals surface area contributed by atoms with Gasteiger partial charge in [0, 0.05) is 12.4 Å². The van der Waals surface area contributed by atoms with Crippen LogP contribution in [0, 0.1) is 5.92 Å². The molecule has 0 atom stereocenters. The molecule has 0 aliphatic carbocycles. The number of hydrogen-bond acceptors (Lipinski definition) is 2.